The van der Waals surface area contributed by atoms with E-state index >= 15 is 0 Å². The highest BCUT2D eigenvalue weighted by Gasteiger charge is 2.35. The van der Waals surface area contributed by atoms with Crippen LogP contribution in [0.5, 0.6) is 0 Å². The first kappa shape index (κ1) is 9.71. The second-order valence-corrected chi connectivity index (χ2v) is 3.38. The third kappa shape index (κ3) is 2.30. The van der Waals surface area contributed by atoms with Gasteiger partial charge in [0.2, 0.25) is 0 Å². The van der Waals surface area contributed by atoms with Gasteiger partial charge in [-0.2, -0.15) is 0 Å². The second kappa shape index (κ2) is 3.56. The van der Waals surface area contributed by atoms with Gasteiger partial charge < -0.3 is 14.6 Å². The van der Waals surface area contributed by atoms with Gasteiger partial charge in [0.1, 0.15) is 12.2 Å². The average molecular weight is 172 g/mol. The summed E-state index contributed by atoms with van der Waals surface area (Å²) in [7, 11) is 0. The lowest BCUT2D eigenvalue weighted by Crippen LogP contribution is -2.29. The van der Waals surface area contributed by atoms with Crippen molar-refractivity contribution in [2.45, 2.75) is 38.8 Å². The molecule has 0 unspecified atom stereocenters. The molecule has 2 atom stereocenters. The summed E-state index contributed by atoms with van der Waals surface area (Å²) in [6, 6.07) is 0. The van der Waals surface area contributed by atoms with Gasteiger partial charge >= 0.3 is 0 Å². The van der Waals surface area contributed by atoms with E-state index in [1.165, 1.54) is 0 Å². The SMILES string of the molecule is C/C=C/[C@H](O)[C@H]1COC(C)(C)O1. The molecule has 1 fully saturated rings. The van der Waals surface area contributed by atoms with Crippen LogP contribution in [0.15, 0.2) is 12.2 Å². The Morgan fingerprint density at radius 3 is 2.67 bits per heavy atom. The van der Waals surface area contributed by atoms with Gasteiger partial charge in [0.15, 0.2) is 5.79 Å². The first-order chi connectivity index (χ1) is 5.55. The minimum Gasteiger partial charge on any atom is -0.386 e. The normalized spacial score (nSPS) is 31.2. The van der Waals surface area contributed by atoms with Crippen molar-refractivity contribution in [2.24, 2.45) is 0 Å². The van der Waals surface area contributed by atoms with Crippen molar-refractivity contribution in [3.63, 3.8) is 0 Å². The standard InChI is InChI=1S/C9H16O3/c1-4-5-7(10)8-6-11-9(2,3)12-8/h4-5,7-8,10H,6H2,1-3H3/b5-4+/t7-,8+/m0/s1. The van der Waals surface area contributed by atoms with E-state index in [9.17, 15) is 5.11 Å². The first-order valence-electron chi connectivity index (χ1n) is 4.18. The molecule has 3 heteroatoms. The van der Waals surface area contributed by atoms with Crippen molar-refractivity contribution < 1.29 is 14.6 Å². The lowest BCUT2D eigenvalue weighted by molar-refractivity contribution is -0.147. The van der Waals surface area contributed by atoms with Gasteiger partial charge in [0.25, 0.3) is 0 Å². The molecule has 12 heavy (non-hydrogen) atoms. The van der Waals surface area contributed by atoms with E-state index in [1.807, 2.05) is 20.8 Å². The van der Waals surface area contributed by atoms with Gasteiger partial charge in [-0.3, -0.25) is 0 Å². The van der Waals surface area contributed by atoms with Crippen molar-refractivity contribution >= 4 is 0 Å². The Kier molecular flexibility index (Phi) is 2.88. The van der Waals surface area contributed by atoms with Crippen LogP contribution in [0.2, 0.25) is 0 Å². The fraction of sp³-hybridized carbons (Fsp3) is 0.778. The lowest BCUT2D eigenvalue weighted by atomic mass is 10.2. The van der Waals surface area contributed by atoms with Crippen LogP contribution >= 0.6 is 0 Å². The van der Waals surface area contributed by atoms with E-state index < -0.39 is 11.9 Å². The third-order valence-electron chi connectivity index (χ3n) is 1.80. The lowest BCUT2D eigenvalue weighted by Gasteiger charge is -2.18. The van der Waals surface area contributed by atoms with Crippen molar-refractivity contribution in [1.29, 1.82) is 0 Å². The fourth-order valence-corrected chi connectivity index (χ4v) is 1.20. The molecule has 1 heterocycles. The van der Waals surface area contributed by atoms with Crippen molar-refractivity contribution in [3.05, 3.63) is 12.2 Å². The minimum absolute atomic E-state index is 0.226. The largest absolute Gasteiger partial charge is 0.386 e. The summed E-state index contributed by atoms with van der Waals surface area (Å²) in [6.45, 7) is 6.01. The number of allylic oxidation sites excluding steroid dienone is 1. The van der Waals surface area contributed by atoms with Gasteiger partial charge in [0.05, 0.1) is 6.61 Å². The highest BCUT2D eigenvalue weighted by atomic mass is 16.7. The molecular formula is C9H16O3. The Morgan fingerprint density at radius 1 is 1.58 bits per heavy atom. The summed E-state index contributed by atoms with van der Waals surface area (Å²) in [5, 5.41) is 9.49. The van der Waals surface area contributed by atoms with Crippen molar-refractivity contribution in [2.75, 3.05) is 6.61 Å². The second-order valence-electron chi connectivity index (χ2n) is 3.38. The van der Waals surface area contributed by atoms with Crippen molar-refractivity contribution in [3.8, 4) is 0 Å². The van der Waals surface area contributed by atoms with Crippen molar-refractivity contribution in [1.82, 2.24) is 0 Å². The molecule has 0 spiro atoms. The summed E-state index contributed by atoms with van der Waals surface area (Å²) in [5.41, 5.74) is 0. The Hall–Kier alpha value is -0.380. The Labute approximate surface area is 73.0 Å². The molecule has 70 valence electrons. The summed E-state index contributed by atoms with van der Waals surface area (Å²) < 4.78 is 10.7. The van der Waals surface area contributed by atoms with Gasteiger partial charge in [-0.15, -0.1) is 0 Å². The van der Waals surface area contributed by atoms with Gasteiger partial charge in [-0.25, -0.2) is 0 Å². The van der Waals surface area contributed by atoms with E-state index in [2.05, 4.69) is 0 Å². The predicted molar refractivity (Wildman–Crippen MR) is 45.7 cm³/mol. The number of aliphatic hydroxyl groups excluding tert-OH is 1. The van der Waals surface area contributed by atoms with Gasteiger partial charge in [-0.1, -0.05) is 12.2 Å². The number of hydrogen-bond donors (Lipinski definition) is 1. The zero-order chi connectivity index (χ0) is 9.19. The van der Waals surface area contributed by atoms with Crippen LogP contribution in [0, 0.1) is 0 Å². The van der Waals surface area contributed by atoms with E-state index in [4.69, 9.17) is 9.47 Å². The average Bonchev–Trinajstić information content (AvgIpc) is 2.31. The molecule has 0 aliphatic carbocycles. The zero-order valence-electron chi connectivity index (χ0n) is 7.78. The first-order valence-corrected chi connectivity index (χ1v) is 4.18. The quantitative estimate of drug-likeness (QED) is 0.633. The van der Waals surface area contributed by atoms with E-state index in [0.717, 1.165) is 0 Å². The van der Waals surface area contributed by atoms with E-state index in [1.54, 1.807) is 12.2 Å². The third-order valence-corrected chi connectivity index (χ3v) is 1.80. The maximum atomic E-state index is 9.49. The van der Waals surface area contributed by atoms with Crippen LogP contribution in [0.1, 0.15) is 20.8 Å². The molecule has 1 saturated heterocycles. The van der Waals surface area contributed by atoms with Crippen LogP contribution in [0.25, 0.3) is 0 Å². The minimum atomic E-state index is -0.559. The molecule has 0 radical (unpaired) electrons. The number of hydrogen-bond acceptors (Lipinski definition) is 3. The van der Waals surface area contributed by atoms with Crippen LogP contribution < -0.4 is 0 Å². The monoisotopic (exact) mass is 172 g/mol. The Balaban J connectivity index is 2.46. The fourth-order valence-electron chi connectivity index (χ4n) is 1.20. The molecule has 1 aliphatic rings. The molecule has 0 amide bonds. The Morgan fingerprint density at radius 2 is 2.25 bits per heavy atom. The molecule has 1 aliphatic heterocycles. The number of rotatable bonds is 2. The van der Waals surface area contributed by atoms with Crippen LogP contribution in [0.4, 0.5) is 0 Å². The number of ether oxygens (including phenoxy) is 2. The van der Waals surface area contributed by atoms with Gasteiger partial charge in [-0.05, 0) is 20.8 Å². The Bertz CT molecular complexity index is 175. The van der Waals surface area contributed by atoms with Crippen LogP contribution in [0.3, 0.4) is 0 Å². The van der Waals surface area contributed by atoms with Crippen LogP contribution in [-0.4, -0.2) is 29.7 Å². The summed E-state index contributed by atoms with van der Waals surface area (Å²) in [5.74, 6) is -0.548. The molecule has 0 aromatic heterocycles. The van der Waals surface area contributed by atoms with Gasteiger partial charge in [0, 0.05) is 0 Å². The molecule has 0 aromatic rings. The van der Waals surface area contributed by atoms with E-state index in [-0.39, 0.29) is 6.10 Å². The summed E-state index contributed by atoms with van der Waals surface area (Å²) in [4.78, 5) is 0. The molecule has 0 aromatic carbocycles. The zero-order valence-corrected chi connectivity index (χ0v) is 7.78. The smallest absolute Gasteiger partial charge is 0.163 e. The summed E-state index contributed by atoms with van der Waals surface area (Å²) >= 11 is 0. The molecule has 0 bridgehead atoms. The summed E-state index contributed by atoms with van der Waals surface area (Å²) in [6.07, 6.45) is 2.72. The highest BCUT2D eigenvalue weighted by molar-refractivity contribution is 4.92. The van der Waals surface area contributed by atoms with E-state index in [0.29, 0.717) is 6.61 Å². The molecule has 3 nitrogen and oxygen atoms in total. The molecule has 1 N–H and O–H groups in total. The molecule has 0 saturated carbocycles. The molecular weight excluding hydrogens is 156 g/mol. The predicted octanol–water partition coefficient (Wildman–Crippen LogP) is 1.07. The molecule has 1 rings (SSSR count). The van der Waals surface area contributed by atoms with Crippen LogP contribution in [-0.2, 0) is 9.47 Å². The topological polar surface area (TPSA) is 38.7 Å². The highest BCUT2D eigenvalue weighted by Crippen LogP contribution is 2.24. The number of aliphatic hydroxyl groups is 1. The maximum absolute atomic E-state index is 9.49. The maximum Gasteiger partial charge on any atom is 0.163 e.